The molecule has 3 fully saturated rings. The lowest BCUT2D eigenvalue weighted by Gasteiger charge is -2.53. The van der Waals surface area contributed by atoms with Crippen LogP contribution in [0.5, 0.6) is 0 Å². The number of carbonyl (C=O) groups is 3. The van der Waals surface area contributed by atoms with Gasteiger partial charge in [0, 0.05) is 33.8 Å². The van der Waals surface area contributed by atoms with Crippen LogP contribution >= 0.6 is 0 Å². The van der Waals surface area contributed by atoms with E-state index in [0.29, 0.717) is 36.8 Å². The summed E-state index contributed by atoms with van der Waals surface area (Å²) in [7, 11) is -0.166. The third-order valence-corrected chi connectivity index (χ3v) is 11.9. The van der Waals surface area contributed by atoms with Crippen LogP contribution in [-0.2, 0) is 52.0 Å². The molecule has 0 aliphatic carbocycles. The predicted octanol–water partition coefficient (Wildman–Crippen LogP) is 4.47. The van der Waals surface area contributed by atoms with Crippen LogP contribution in [0.25, 0.3) is 0 Å². The van der Waals surface area contributed by atoms with Gasteiger partial charge in [-0.2, -0.15) is 0 Å². The van der Waals surface area contributed by atoms with Gasteiger partial charge in [-0.15, -0.1) is 0 Å². The number of rotatable bonds is 13. The third kappa shape index (κ3) is 9.03. The molecule has 9 atom stereocenters. The highest BCUT2D eigenvalue weighted by Gasteiger charge is 2.65. The van der Waals surface area contributed by atoms with E-state index in [0.717, 1.165) is 0 Å². The van der Waals surface area contributed by atoms with E-state index in [4.69, 9.17) is 37.6 Å². The molecule has 1 unspecified atom stereocenters. The lowest BCUT2D eigenvalue weighted by molar-refractivity contribution is -0.382. The summed E-state index contributed by atoms with van der Waals surface area (Å²) < 4.78 is 49.9. The topological polar surface area (TPSA) is 125 Å². The standard InChI is InChI=1S/C32H56O11Si/c1-18(2)44(19(3)4)43-25-24(16-20(5)17-38-21(6)33)41-26-27(25)42-32(36-11)14-12-23(13-15-37-30(35)31(8,9)10)40-29(32)28(26)39-22(7)34/h18-20,23-29,44H,12-17H2,1-11H3/t20-,23-,24-,25+,26-,27+,28+,29-,32?/m1/s1. The van der Waals surface area contributed by atoms with Crippen molar-refractivity contribution in [3.8, 4) is 0 Å². The molecule has 0 N–H and O–H groups in total. The van der Waals surface area contributed by atoms with Gasteiger partial charge in [-0.3, -0.25) is 14.4 Å². The maximum Gasteiger partial charge on any atom is 0.311 e. The fourth-order valence-corrected chi connectivity index (χ4v) is 9.40. The van der Waals surface area contributed by atoms with Crippen LogP contribution in [0.3, 0.4) is 0 Å². The lowest BCUT2D eigenvalue weighted by atomic mass is 9.84. The van der Waals surface area contributed by atoms with E-state index in [1.807, 2.05) is 27.7 Å². The first kappa shape index (κ1) is 36.9. The zero-order chi connectivity index (χ0) is 33.0. The van der Waals surface area contributed by atoms with Gasteiger partial charge >= 0.3 is 17.9 Å². The number of esters is 3. The average Bonchev–Trinajstić information content (AvgIpc) is 3.25. The molecule has 0 radical (unpaired) electrons. The number of fused-ring (bicyclic) bond motifs is 2. The molecule has 254 valence electrons. The summed E-state index contributed by atoms with van der Waals surface area (Å²) in [5.74, 6) is -2.26. The van der Waals surface area contributed by atoms with Crippen molar-refractivity contribution >= 4 is 26.9 Å². The summed E-state index contributed by atoms with van der Waals surface area (Å²) in [6.07, 6.45) is -1.75. The SMILES string of the molecule is COC12CC[C@H](CCOC(=O)C(C)(C)C)O[C@@H]1[C@@H](OC(C)=O)[C@@H]1O[C@H](C[C@@H](C)COC(C)=O)[C@H](O[SiH](C(C)C)C(C)C)[C@@H]1O2. The average molecular weight is 645 g/mol. The maximum atomic E-state index is 12.5. The lowest BCUT2D eigenvalue weighted by Crippen LogP contribution is -2.69. The Kier molecular flexibility index (Phi) is 12.9. The first-order valence-electron chi connectivity index (χ1n) is 16.2. The molecule has 3 saturated heterocycles. The van der Waals surface area contributed by atoms with Gasteiger partial charge in [0.05, 0.1) is 36.9 Å². The Morgan fingerprint density at radius 2 is 1.59 bits per heavy atom. The number of ether oxygens (including phenoxy) is 7. The molecule has 3 rings (SSSR count). The summed E-state index contributed by atoms with van der Waals surface area (Å²) in [6, 6.07) is 0. The fraction of sp³-hybridized carbons (Fsp3) is 0.906. The summed E-state index contributed by atoms with van der Waals surface area (Å²) in [6.45, 7) is 19.4. The molecule has 0 aromatic carbocycles. The fourth-order valence-electron chi connectivity index (χ4n) is 6.54. The van der Waals surface area contributed by atoms with Gasteiger partial charge in [0.2, 0.25) is 0 Å². The van der Waals surface area contributed by atoms with E-state index < -0.39 is 56.7 Å². The van der Waals surface area contributed by atoms with Crippen LogP contribution in [0.1, 0.15) is 94.9 Å². The van der Waals surface area contributed by atoms with E-state index >= 15 is 0 Å². The van der Waals surface area contributed by atoms with Gasteiger partial charge in [0.1, 0.15) is 12.2 Å². The number of hydrogen-bond donors (Lipinski definition) is 0. The normalized spacial score (nSPS) is 32.7. The smallest absolute Gasteiger partial charge is 0.311 e. The zero-order valence-corrected chi connectivity index (χ0v) is 29.7. The monoisotopic (exact) mass is 644 g/mol. The molecule has 0 saturated carbocycles. The van der Waals surface area contributed by atoms with Crippen molar-refractivity contribution in [2.45, 2.75) is 155 Å². The van der Waals surface area contributed by atoms with Gasteiger partial charge in [0.25, 0.3) is 0 Å². The molecule has 3 heterocycles. The van der Waals surface area contributed by atoms with Gasteiger partial charge in [-0.1, -0.05) is 34.6 Å². The van der Waals surface area contributed by atoms with E-state index in [-0.39, 0.29) is 43.3 Å². The van der Waals surface area contributed by atoms with Crippen LogP contribution in [0, 0.1) is 11.3 Å². The molecule has 44 heavy (non-hydrogen) atoms. The van der Waals surface area contributed by atoms with Crippen molar-refractivity contribution in [3.05, 3.63) is 0 Å². The van der Waals surface area contributed by atoms with Crippen LogP contribution < -0.4 is 0 Å². The Bertz CT molecular complexity index is 974. The minimum Gasteiger partial charge on any atom is -0.466 e. The maximum absolute atomic E-state index is 12.5. The third-order valence-electron chi connectivity index (χ3n) is 8.66. The van der Waals surface area contributed by atoms with Crippen molar-refractivity contribution in [3.63, 3.8) is 0 Å². The van der Waals surface area contributed by atoms with E-state index in [1.165, 1.54) is 13.8 Å². The van der Waals surface area contributed by atoms with Crippen molar-refractivity contribution in [1.82, 2.24) is 0 Å². The minimum atomic E-state index is -1.75. The van der Waals surface area contributed by atoms with E-state index in [9.17, 15) is 14.4 Å². The molecular weight excluding hydrogens is 588 g/mol. The largest absolute Gasteiger partial charge is 0.466 e. The Labute approximate surface area is 265 Å². The second-order valence-corrected chi connectivity index (χ2v) is 18.3. The molecule has 0 aromatic rings. The Hall–Kier alpha value is -1.57. The number of hydrogen-bond acceptors (Lipinski definition) is 11. The Morgan fingerprint density at radius 1 is 0.932 bits per heavy atom. The quantitative estimate of drug-likeness (QED) is 0.160. The molecule has 0 amide bonds. The van der Waals surface area contributed by atoms with Gasteiger partial charge < -0.3 is 37.6 Å². The van der Waals surface area contributed by atoms with Crippen LogP contribution in [-0.4, -0.2) is 95.8 Å². The molecule has 3 aliphatic rings. The molecular formula is C32H56O11Si. The molecule has 0 spiro atoms. The van der Waals surface area contributed by atoms with Crippen molar-refractivity contribution in [2.75, 3.05) is 20.3 Å². The molecule has 11 nitrogen and oxygen atoms in total. The highest BCUT2D eigenvalue weighted by molar-refractivity contribution is 6.55. The first-order chi connectivity index (χ1) is 20.5. The highest BCUT2D eigenvalue weighted by atomic mass is 28.3. The summed E-state index contributed by atoms with van der Waals surface area (Å²) in [4.78, 5) is 36.3. The summed E-state index contributed by atoms with van der Waals surface area (Å²) >= 11 is 0. The second-order valence-electron chi connectivity index (χ2n) is 14.4. The second kappa shape index (κ2) is 15.3. The van der Waals surface area contributed by atoms with Crippen molar-refractivity contribution in [2.24, 2.45) is 11.3 Å². The molecule has 3 aliphatic heterocycles. The van der Waals surface area contributed by atoms with Crippen LogP contribution in [0.4, 0.5) is 0 Å². The first-order valence-corrected chi connectivity index (χ1v) is 18.0. The van der Waals surface area contributed by atoms with Gasteiger partial charge in [-0.25, -0.2) is 0 Å². The van der Waals surface area contributed by atoms with Crippen molar-refractivity contribution < 1.29 is 52.0 Å². The number of carbonyl (C=O) groups excluding carboxylic acids is 3. The summed E-state index contributed by atoms with van der Waals surface area (Å²) in [5.41, 5.74) is 0.149. The highest BCUT2D eigenvalue weighted by Crippen LogP contribution is 2.48. The van der Waals surface area contributed by atoms with Gasteiger partial charge in [-0.05, 0) is 50.6 Å². The predicted molar refractivity (Wildman–Crippen MR) is 164 cm³/mol. The molecule has 12 heteroatoms. The Balaban J connectivity index is 1.90. The minimum absolute atomic E-state index is 0.00403. The Morgan fingerprint density at radius 3 is 2.14 bits per heavy atom. The summed E-state index contributed by atoms with van der Waals surface area (Å²) in [5, 5.41) is 0. The molecule has 0 aromatic heterocycles. The van der Waals surface area contributed by atoms with Gasteiger partial charge in [0.15, 0.2) is 27.0 Å². The van der Waals surface area contributed by atoms with Crippen molar-refractivity contribution in [1.29, 1.82) is 0 Å². The van der Waals surface area contributed by atoms with Crippen LogP contribution in [0.2, 0.25) is 11.1 Å². The molecule has 0 bridgehead atoms. The van der Waals surface area contributed by atoms with Crippen LogP contribution in [0.15, 0.2) is 0 Å². The number of methoxy groups -OCH3 is 1. The van der Waals surface area contributed by atoms with E-state index in [1.54, 1.807) is 7.11 Å². The van der Waals surface area contributed by atoms with E-state index in [2.05, 4.69) is 27.7 Å². The zero-order valence-electron chi connectivity index (χ0n) is 28.6.